The SMILES string of the molecule is O=C(Nc1ccccc1)Nc1cccc(-c2nnc3ccccn23)c1. The Morgan fingerprint density at radius 1 is 0.800 bits per heavy atom. The summed E-state index contributed by atoms with van der Waals surface area (Å²) in [5, 5.41) is 14.0. The van der Waals surface area contributed by atoms with Crippen LogP contribution >= 0.6 is 0 Å². The Morgan fingerprint density at radius 3 is 2.44 bits per heavy atom. The van der Waals surface area contributed by atoms with E-state index in [0.29, 0.717) is 5.69 Å². The van der Waals surface area contributed by atoms with Gasteiger partial charge >= 0.3 is 6.03 Å². The van der Waals surface area contributed by atoms with E-state index in [2.05, 4.69) is 20.8 Å². The van der Waals surface area contributed by atoms with Crippen molar-refractivity contribution in [2.45, 2.75) is 0 Å². The van der Waals surface area contributed by atoms with Gasteiger partial charge < -0.3 is 10.6 Å². The summed E-state index contributed by atoms with van der Waals surface area (Å²) in [6.07, 6.45) is 1.91. The zero-order valence-electron chi connectivity index (χ0n) is 13.3. The van der Waals surface area contributed by atoms with Crippen LogP contribution in [0.3, 0.4) is 0 Å². The van der Waals surface area contributed by atoms with E-state index >= 15 is 0 Å². The van der Waals surface area contributed by atoms with Gasteiger partial charge in [-0.1, -0.05) is 36.4 Å². The zero-order valence-corrected chi connectivity index (χ0v) is 13.3. The monoisotopic (exact) mass is 329 g/mol. The van der Waals surface area contributed by atoms with Crippen molar-refractivity contribution in [3.63, 3.8) is 0 Å². The van der Waals surface area contributed by atoms with Crippen molar-refractivity contribution in [3.8, 4) is 11.4 Å². The lowest BCUT2D eigenvalue weighted by Crippen LogP contribution is -2.19. The van der Waals surface area contributed by atoms with Crippen molar-refractivity contribution in [2.24, 2.45) is 0 Å². The summed E-state index contributed by atoms with van der Waals surface area (Å²) in [5.41, 5.74) is 3.06. The van der Waals surface area contributed by atoms with Crippen LogP contribution in [0.15, 0.2) is 79.0 Å². The predicted octanol–water partition coefficient (Wildman–Crippen LogP) is 4.04. The van der Waals surface area contributed by atoms with Gasteiger partial charge in [-0.2, -0.15) is 0 Å². The molecule has 4 aromatic rings. The summed E-state index contributed by atoms with van der Waals surface area (Å²) >= 11 is 0. The molecule has 0 aliphatic rings. The van der Waals surface area contributed by atoms with Gasteiger partial charge in [0.2, 0.25) is 0 Å². The molecule has 0 bridgehead atoms. The number of hydrogen-bond donors (Lipinski definition) is 2. The van der Waals surface area contributed by atoms with Crippen LogP contribution < -0.4 is 10.6 Å². The molecule has 2 aromatic heterocycles. The number of nitrogens with one attached hydrogen (secondary N) is 2. The molecule has 0 saturated carbocycles. The number of carbonyl (C=O) groups excluding carboxylic acids is 1. The molecular formula is C19H15N5O. The quantitative estimate of drug-likeness (QED) is 0.596. The molecule has 6 nitrogen and oxygen atoms in total. The molecule has 0 aliphatic carbocycles. The third-order valence-electron chi connectivity index (χ3n) is 3.72. The van der Waals surface area contributed by atoms with Gasteiger partial charge in [-0.05, 0) is 36.4 Å². The van der Waals surface area contributed by atoms with E-state index in [1.807, 2.05) is 83.4 Å². The number of fused-ring (bicyclic) bond motifs is 1. The maximum Gasteiger partial charge on any atom is 0.323 e. The normalized spacial score (nSPS) is 10.6. The van der Waals surface area contributed by atoms with Crippen molar-refractivity contribution in [1.29, 1.82) is 0 Å². The molecule has 0 atom stereocenters. The minimum absolute atomic E-state index is 0.297. The fourth-order valence-electron chi connectivity index (χ4n) is 2.59. The molecule has 4 rings (SSSR count). The lowest BCUT2D eigenvalue weighted by Gasteiger charge is -2.08. The second-order valence-electron chi connectivity index (χ2n) is 5.48. The van der Waals surface area contributed by atoms with Gasteiger partial charge in [0.25, 0.3) is 0 Å². The number of aromatic nitrogens is 3. The molecule has 0 spiro atoms. The third-order valence-corrected chi connectivity index (χ3v) is 3.72. The highest BCUT2D eigenvalue weighted by molar-refractivity contribution is 6.00. The minimum atomic E-state index is -0.297. The van der Waals surface area contributed by atoms with Gasteiger partial charge in [-0.15, -0.1) is 10.2 Å². The largest absolute Gasteiger partial charge is 0.323 e. The number of rotatable bonds is 3. The molecule has 0 aliphatic heterocycles. The molecule has 0 fully saturated rings. The molecule has 0 radical (unpaired) electrons. The van der Waals surface area contributed by atoms with Gasteiger partial charge in [0.1, 0.15) is 0 Å². The third kappa shape index (κ3) is 3.18. The van der Waals surface area contributed by atoms with Gasteiger partial charge in [-0.3, -0.25) is 4.40 Å². The molecule has 0 unspecified atom stereocenters. The molecule has 2 amide bonds. The standard InChI is InChI=1S/C19H15N5O/c25-19(20-15-8-2-1-3-9-15)21-16-10-6-7-14(13-16)18-23-22-17-11-4-5-12-24(17)18/h1-13H,(H2,20,21,25). The Kier molecular flexibility index (Phi) is 3.84. The first-order valence-electron chi connectivity index (χ1n) is 7.83. The predicted molar refractivity (Wildman–Crippen MR) is 97.5 cm³/mol. The van der Waals surface area contributed by atoms with Crippen LogP contribution in [0.2, 0.25) is 0 Å². The first-order valence-corrected chi connectivity index (χ1v) is 7.83. The van der Waals surface area contributed by atoms with Gasteiger partial charge in [0, 0.05) is 23.1 Å². The Balaban J connectivity index is 1.56. The smallest absolute Gasteiger partial charge is 0.308 e. The van der Waals surface area contributed by atoms with Gasteiger partial charge in [0.15, 0.2) is 11.5 Å². The van der Waals surface area contributed by atoms with Crippen LogP contribution in [0.1, 0.15) is 0 Å². The summed E-state index contributed by atoms with van der Waals surface area (Å²) in [6, 6.07) is 22.2. The van der Waals surface area contributed by atoms with Crippen LogP contribution in [0.4, 0.5) is 16.2 Å². The first-order chi connectivity index (χ1) is 12.3. The van der Waals surface area contributed by atoms with Crippen molar-refractivity contribution in [3.05, 3.63) is 79.0 Å². The fraction of sp³-hybridized carbons (Fsp3) is 0. The molecular weight excluding hydrogens is 314 g/mol. The van der Waals surface area contributed by atoms with Crippen molar-refractivity contribution in [1.82, 2.24) is 14.6 Å². The lowest BCUT2D eigenvalue weighted by molar-refractivity contribution is 0.262. The van der Waals surface area contributed by atoms with E-state index in [1.165, 1.54) is 0 Å². The topological polar surface area (TPSA) is 71.3 Å². The molecule has 2 aromatic carbocycles. The maximum atomic E-state index is 12.1. The molecule has 122 valence electrons. The van der Waals surface area contributed by atoms with E-state index in [4.69, 9.17) is 0 Å². The number of benzene rings is 2. The first kappa shape index (κ1) is 14.9. The van der Waals surface area contributed by atoms with Crippen molar-refractivity contribution in [2.75, 3.05) is 10.6 Å². The van der Waals surface area contributed by atoms with E-state index < -0.39 is 0 Å². The summed E-state index contributed by atoms with van der Waals surface area (Å²) in [7, 11) is 0. The number of amides is 2. The maximum absolute atomic E-state index is 12.1. The zero-order chi connectivity index (χ0) is 17.1. The number of pyridine rings is 1. The van der Waals surface area contributed by atoms with Gasteiger partial charge in [0.05, 0.1) is 0 Å². The summed E-state index contributed by atoms with van der Waals surface area (Å²) in [6.45, 7) is 0. The number of carbonyl (C=O) groups is 1. The summed E-state index contributed by atoms with van der Waals surface area (Å²) < 4.78 is 1.91. The van der Waals surface area contributed by atoms with Crippen molar-refractivity contribution >= 4 is 23.1 Å². The van der Waals surface area contributed by atoms with Crippen molar-refractivity contribution < 1.29 is 4.79 Å². The second kappa shape index (κ2) is 6.45. The number of para-hydroxylation sites is 1. The second-order valence-corrected chi connectivity index (χ2v) is 5.48. The summed E-state index contributed by atoms with van der Waals surface area (Å²) in [5.74, 6) is 0.725. The molecule has 2 heterocycles. The molecule has 0 saturated heterocycles. The van der Waals surface area contributed by atoms with E-state index in [0.717, 1.165) is 22.7 Å². The van der Waals surface area contributed by atoms with E-state index in [1.54, 1.807) is 0 Å². The average molecular weight is 329 g/mol. The van der Waals surface area contributed by atoms with Crippen LogP contribution in [0.5, 0.6) is 0 Å². The van der Waals surface area contributed by atoms with Gasteiger partial charge in [-0.25, -0.2) is 4.79 Å². The fourth-order valence-corrected chi connectivity index (χ4v) is 2.59. The highest BCUT2D eigenvalue weighted by Gasteiger charge is 2.09. The highest BCUT2D eigenvalue weighted by atomic mass is 16.2. The molecule has 25 heavy (non-hydrogen) atoms. The lowest BCUT2D eigenvalue weighted by atomic mass is 10.2. The number of nitrogens with zero attached hydrogens (tertiary/aromatic N) is 3. The number of urea groups is 1. The summed E-state index contributed by atoms with van der Waals surface area (Å²) in [4.78, 5) is 12.1. The van der Waals surface area contributed by atoms with Crippen LogP contribution in [0, 0.1) is 0 Å². The number of anilines is 2. The molecule has 6 heteroatoms. The number of hydrogen-bond acceptors (Lipinski definition) is 3. The Morgan fingerprint density at radius 2 is 1.56 bits per heavy atom. The molecule has 2 N–H and O–H groups in total. The highest BCUT2D eigenvalue weighted by Crippen LogP contribution is 2.22. The van der Waals surface area contributed by atoms with Crippen LogP contribution in [-0.4, -0.2) is 20.6 Å². The van der Waals surface area contributed by atoms with Crippen LogP contribution in [0.25, 0.3) is 17.0 Å². The minimum Gasteiger partial charge on any atom is -0.308 e. The Labute approximate surface area is 144 Å². The average Bonchev–Trinajstić information content (AvgIpc) is 3.07. The van der Waals surface area contributed by atoms with E-state index in [-0.39, 0.29) is 6.03 Å². The Hall–Kier alpha value is -3.67. The van der Waals surface area contributed by atoms with E-state index in [9.17, 15) is 4.79 Å². The van der Waals surface area contributed by atoms with Crippen LogP contribution in [-0.2, 0) is 0 Å². The Bertz CT molecular complexity index is 1030.